The highest BCUT2D eigenvalue weighted by atomic mass is 16.5. The van der Waals surface area contributed by atoms with E-state index in [1.165, 1.54) is 5.56 Å². The molecule has 1 aliphatic rings. The van der Waals surface area contributed by atoms with Crippen molar-refractivity contribution in [2.75, 3.05) is 17.7 Å². The molecule has 144 valence electrons. The van der Waals surface area contributed by atoms with Gasteiger partial charge < -0.3 is 14.9 Å². The Morgan fingerprint density at radius 2 is 1.86 bits per heavy atom. The fourth-order valence-electron chi connectivity index (χ4n) is 3.68. The average molecular weight is 378 g/mol. The number of aryl methyl sites for hydroxylation is 1. The third-order valence-electron chi connectivity index (χ3n) is 5.10. The van der Waals surface area contributed by atoms with Crippen LogP contribution in [0.25, 0.3) is 0 Å². The van der Waals surface area contributed by atoms with Crippen molar-refractivity contribution in [3.63, 3.8) is 0 Å². The average Bonchev–Trinajstić information content (AvgIpc) is 3.15. The van der Waals surface area contributed by atoms with E-state index in [0.29, 0.717) is 5.89 Å². The summed E-state index contributed by atoms with van der Waals surface area (Å²) in [5, 5.41) is 7.80. The molecular formula is C21H22N4O3. The highest BCUT2D eigenvalue weighted by Gasteiger charge is 2.51. The number of carbonyl (C=O) groups is 1. The van der Waals surface area contributed by atoms with Crippen LogP contribution in [-0.4, -0.2) is 23.2 Å². The van der Waals surface area contributed by atoms with Crippen LogP contribution in [0, 0.1) is 5.92 Å². The minimum absolute atomic E-state index is 0.00654. The third kappa shape index (κ3) is 3.43. The first-order valence-electron chi connectivity index (χ1n) is 9.27. The Balaban J connectivity index is 1.51. The molecule has 2 N–H and O–H groups in total. The molecule has 0 bridgehead atoms. The standard InChI is InChI=1S/C21H22N4O3/c1-27-16-12-10-15(11-13-16)25-18(19-23-24-21(22)28-19)17(20(25)26)9-5-8-14-6-3-2-4-7-14/h2-4,6-7,10-13,17-18H,5,8-9H2,1H3,(H2,22,24). The Hall–Kier alpha value is -3.35. The largest absolute Gasteiger partial charge is 0.497 e. The highest BCUT2D eigenvalue weighted by Crippen LogP contribution is 2.45. The molecule has 2 unspecified atom stereocenters. The van der Waals surface area contributed by atoms with Gasteiger partial charge in [0, 0.05) is 5.69 Å². The van der Waals surface area contributed by atoms with Crippen molar-refractivity contribution in [3.8, 4) is 5.75 Å². The molecule has 1 aromatic heterocycles. The summed E-state index contributed by atoms with van der Waals surface area (Å²) >= 11 is 0. The maximum atomic E-state index is 12.9. The van der Waals surface area contributed by atoms with E-state index in [4.69, 9.17) is 14.9 Å². The maximum absolute atomic E-state index is 12.9. The molecule has 2 atom stereocenters. The minimum atomic E-state index is -0.304. The number of hydrogen-bond donors (Lipinski definition) is 1. The Bertz CT molecular complexity index is 940. The van der Waals surface area contributed by atoms with Gasteiger partial charge in [0.15, 0.2) is 0 Å². The monoisotopic (exact) mass is 378 g/mol. The summed E-state index contributed by atoms with van der Waals surface area (Å²) in [6, 6.07) is 17.3. The Morgan fingerprint density at radius 1 is 1.11 bits per heavy atom. The lowest BCUT2D eigenvalue weighted by atomic mass is 9.82. The molecule has 0 aliphatic carbocycles. The number of rotatable bonds is 7. The highest BCUT2D eigenvalue weighted by molar-refractivity contribution is 6.02. The number of nitrogen functional groups attached to an aromatic ring is 1. The number of nitrogens with zero attached hydrogens (tertiary/aromatic N) is 3. The second-order valence-corrected chi connectivity index (χ2v) is 6.81. The van der Waals surface area contributed by atoms with E-state index < -0.39 is 0 Å². The number of benzene rings is 2. The zero-order valence-electron chi connectivity index (χ0n) is 15.6. The lowest BCUT2D eigenvalue weighted by Gasteiger charge is -2.45. The first-order valence-corrected chi connectivity index (χ1v) is 9.27. The summed E-state index contributed by atoms with van der Waals surface area (Å²) in [7, 11) is 1.61. The van der Waals surface area contributed by atoms with Crippen molar-refractivity contribution in [2.24, 2.45) is 5.92 Å². The summed E-state index contributed by atoms with van der Waals surface area (Å²) in [5.74, 6) is 0.956. The Kier molecular flexibility index (Phi) is 4.97. The van der Waals surface area contributed by atoms with Gasteiger partial charge in [-0.2, -0.15) is 0 Å². The molecule has 4 rings (SSSR count). The molecule has 0 saturated carbocycles. The first kappa shape index (κ1) is 18.0. The Labute approximate surface area is 163 Å². The number of β-lactam (4-membered cyclic amide) rings is 1. The van der Waals surface area contributed by atoms with Crippen LogP contribution >= 0.6 is 0 Å². The second-order valence-electron chi connectivity index (χ2n) is 6.81. The van der Waals surface area contributed by atoms with Crippen molar-refractivity contribution in [1.29, 1.82) is 0 Å². The van der Waals surface area contributed by atoms with E-state index >= 15 is 0 Å². The molecule has 2 aromatic carbocycles. The molecule has 1 fully saturated rings. The SMILES string of the molecule is COc1ccc(N2C(=O)C(CCCc3ccccc3)C2c2nnc(N)o2)cc1. The molecular weight excluding hydrogens is 356 g/mol. The molecule has 1 saturated heterocycles. The lowest BCUT2D eigenvalue weighted by molar-refractivity contribution is -0.131. The fraction of sp³-hybridized carbons (Fsp3) is 0.286. The van der Waals surface area contributed by atoms with Gasteiger partial charge in [0.2, 0.25) is 11.8 Å². The van der Waals surface area contributed by atoms with Crippen LogP contribution in [0.5, 0.6) is 5.75 Å². The van der Waals surface area contributed by atoms with Crippen molar-refractivity contribution >= 4 is 17.6 Å². The number of anilines is 2. The van der Waals surface area contributed by atoms with E-state index in [-0.39, 0.29) is 23.9 Å². The molecule has 0 radical (unpaired) electrons. The number of methoxy groups -OCH3 is 1. The van der Waals surface area contributed by atoms with Crippen LogP contribution in [0.4, 0.5) is 11.7 Å². The van der Waals surface area contributed by atoms with E-state index in [2.05, 4.69) is 22.3 Å². The van der Waals surface area contributed by atoms with Crippen LogP contribution in [0.15, 0.2) is 59.0 Å². The van der Waals surface area contributed by atoms with Gasteiger partial charge in [0.1, 0.15) is 11.8 Å². The van der Waals surface area contributed by atoms with Gasteiger partial charge in [-0.15, -0.1) is 5.10 Å². The third-order valence-corrected chi connectivity index (χ3v) is 5.10. The molecule has 1 aliphatic heterocycles. The number of amides is 1. The van der Waals surface area contributed by atoms with E-state index in [1.807, 2.05) is 42.5 Å². The molecule has 7 nitrogen and oxygen atoms in total. The summed E-state index contributed by atoms with van der Waals surface area (Å²) in [5.41, 5.74) is 7.65. The molecule has 7 heteroatoms. The summed E-state index contributed by atoms with van der Waals surface area (Å²) in [6.07, 6.45) is 2.57. The van der Waals surface area contributed by atoms with Gasteiger partial charge in [0.05, 0.1) is 13.0 Å². The zero-order valence-corrected chi connectivity index (χ0v) is 15.6. The predicted octanol–water partition coefficient (Wildman–Crippen LogP) is 3.39. The summed E-state index contributed by atoms with van der Waals surface area (Å²) in [4.78, 5) is 14.6. The van der Waals surface area contributed by atoms with Gasteiger partial charge in [-0.05, 0) is 49.1 Å². The van der Waals surface area contributed by atoms with Crippen molar-refractivity contribution in [3.05, 3.63) is 66.1 Å². The molecule has 3 aromatic rings. The number of nitrogens with two attached hydrogens (primary N) is 1. The van der Waals surface area contributed by atoms with Crippen LogP contribution in [0.2, 0.25) is 0 Å². The van der Waals surface area contributed by atoms with Gasteiger partial charge in [-0.25, -0.2) is 0 Å². The van der Waals surface area contributed by atoms with Gasteiger partial charge in [-0.3, -0.25) is 9.69 Å². The summed E-state index contributed by atoms with van der Waals surface area (Å²) < 4.78 is 10.7. The number of aromatic nitrogens is 2. The molecule has 28 heavy (non-hydrogen) atoms. The topological polar surface area (TPSA) is 94.5 Å². The van der Waals surface area contributed by atoms with E-state index in [0.717, 1.165) is 30.7 Å². The van der Waals surface area contributed by atoms with Crippen molar-refractivity contribution in [2.45, 2.75) is 25.3 Å². The number of hydrogen-bond acceptors (Lipinski definition) is 6. The number of ether oxygens (including phenoxy) is 1. The summed E-state index contributed by atoms with van der Waals surface area (Å²) in [6.45, 7) is 0. The van der Waals surface area contributed by atoms with Crippen LogP contribution < -0.4 is 15.4 Å². The zero-order chi connectivity index (χ0) is 19.5. The smallest absolute Gasteiger partial charge is 0.312 e. The molecule has 0 spiro atoms. The maximum Gasteiger partial charge on any atom is 0.312 e. The fourth-order valence-corrected chi connectivity index (χ4v) is 3.68. The normalized spacial score (nSPS) is 18.8. The van der Waals surface area contributed by atoms with Crippen molar-refractivity contribution in [1.82, 2.24) is 10.2 Å². The molecule has 1 amide bonds. The van der Waals surface area contributed by atoms with Crippen molar-refractivity contribution < 1.29 is 13.9 Å². The van der Waals surface area contributed by atoms with Gasteiger partial charge >= 0.3 is 6.01 Å². The predicted molar refractivity (Wildman–Crippen MR) is 105 cm³/mol. The molecule has 2 heterocycles. The van der Waals surface area contributed by atoms with E-state index in [9.17, 15) is 4.79 Å². The first-order chi connectivity index (χ1) is 13.7. The van der Waals surface area contributed by atoms with E-state index in [1.54, 1.807) is 12.0 Å². The number of carbonyl (C=O) groups excluding carboxylic acids is 1. The quantitative estimate of drug-likeness (QED) is 0.633. The second kappa shape index (κ2) is 7.72. The lowest BCUT2D eigenvalue weighted by Crippen LogP contribution is -2.55. The van der Waals surface area contributed by atoms with Crippen LogP contribution in [0.3, 0.4) is 0 Å². The van der Waals surface area contributed by atoms with Gasteiger partial charge in [-0.1, -0.05) is 35.4 Å². The van der Waals surface area contributed by atoms with Gasteiger partial charge in [0.25, 0.3) is 0 Å². The minimum Gasteiger partial charge on any atom is -0.497 e. The Morgan fingerprint density at radius 3 is 2.50 bits per heavy atom. The van der Waals surface area contributed by atoms with Crippen LogP contribution in [-0.2, 0) is 11.2 Å². The van der Waals surface area contributed by atoms with Crippen LogP contribution in [0.1, 0.15) is 30.3 Å².